The zero-order valence-corrected chi connectivity index (χ0v) is 24.5. The number of hydrogen-bond acceptors (Lipinski definition) is 12. The highest BCUT2D eigenvalue weighted by atomic mass is 35.5. The van der Waals surface area contributed by atoms with Crippen LogP contribution >= 0.6 is 35.0 Å². The number of halogens is 2. The molecule has 1 unspecified atom stereocenters. The fourth-order valence-electron chi connectivity index (χ4n) is 4.54. The molecule has 3 aromatic rings. The SMILES string of the molecule is COC(=O)c1c(SCC(=O)OC(C)OC(=O)OC2CCCCC2)c(O)cc2oc3c(Cl)c(C)c(Cl)c(O)c3c(=O)c12. The molecule has 1 atom stereocenters. The van der Waals surface area contributed by atoms with E-state index < -0.39 is 52.6 Å². The first-order valence-corrected chi connectivity index (χ1v) is 14.3. The lowest BCUT2D eigenvalue weighted by molar-refractivity contribution is -0.165. The summed E-state index contributed by atoms with van der Waals surface area (Å²) in [5, 5.41) is 20.4. The molecule has 0 bridgehead atoms. The van der Waals surface area contributed by atoms with Crippen LogP contribution in [0.5, 0.6) is 11.5 Å². The van der Waals surface area contributed by atoms with E-state index in [9.17, 15) is 29.4 Å². The van der Waals surface area contributed by atoms with Crippen LogP contribution in [-0.2, 0) is 23.7 Å². The zero-order chi connectivity index (χ0) is 30.0. The molecule has 1 saturated carbocycles. The molecule has 2 N–H and O–H groups in total. The summed E-state index contributed by atoms with van der Waals surface area (Å²) in [6.07, 6.45) is 2.00. The molecule has 220 valence electrons. The van der Waals surface area contributed by atoms with Crippen molar-refractivity contribution in [1.82, 2.24) is 0 Å². The second-order valence-electron chi connectivity index (χ2n) is 9.29. The number of thioether (sulfide) groups is 1. The zero-order valence-electron chi connectivity index (χ0n) is 22.2. The molecule has 0 radical (unpaired) electrons. The van der Waals surface area contributed by atoms with Crippen molar-refractivity contribution in [2.24, 2.45) is 0 Å². The largest absolute Gasteiger partial charge is 0.511 e. The Kier molecular flexibility index (Phi) is 9.45. The molecule has 0 aliphatic heterocycles. The van der Waals surface area contributed by atoms with Gasteiger partial charge in [-0.2, -0.15) is 0 Å². The number of rotatable bonds is 7. The van der Waals surface area contributed by atoms with E-state index in [1.807, 2.05) is 0 Å². The topological polar surface area (TPSA) is 159 Å². The van der Waals surface area contributed by atoms with Gasteiger partial charge in [0.25, 0.3) is 0 Å². The second kappa shape index (κ2) is 12.7. The molecule has 11 nitrogen and oxygen atoms in total. The molecule has 1 aliphatic carbocycles. The summed E-state index contributed by atoms with van der Waals surface area (Å²) in [6.45, 7) is 2.84. The summed E-state index contributed by atoms with van der Waals surface area (Å²) < 4.78 is 25.9. The molecular weight excluding hydrogens is 603 g/mol. The molecular formula is C27H26Cl2O11S. The monoisotopic (exact) mass is 628 g/mol. The van der Waals surface area contributed by atoms with Crippen molar-refractivity contribution in [2.75, 3.05) is 12.9 Å². The van der Waals surface area contributed by atoms with Gasteiger partial charge >= 0.3 is 18.1 Å². The Hall–Kier alpha value is -3.35. The van der Waals surface area contributed by atoms with Gasteiger partial charge in [-0.05, 0) is 38.2 Å². The maximum atomic E-state index is 13.6. The number of hydrogen-bond donors (Lipinski definition) is 2. The third-order valence-electron chi connectivity index (χ3n) is 6.52. The molecule has 0 amide bonds. The lowest BCUT2D eigenvalue weighted by Gasteiger charge is -2.22. The summed E-state index contributed by atoms with van der Waals surface area (Å²) in [5.74, 6) is -3.46. The molecule has 4 rings (SSSR count). The van der Waals surface area contributed by atoms with Crippen molar-refractivity contribution in [3.8, 4) is 11.5 Å². The van der Waals surface area contributed by atoms with Gasteiger partial charge in [-0.15, -0.1) is 11.8 Å². The fourth-order valence-corrected chi connectivity index (χ4v) is 5.88. The first-order chi connectivity index (χ1) is 19.4. The van der Waals surface area contributed by atoms with Gasteiger partial charge in [0.15, 0.2) is 5.58 Å². The number of benzene rings is 2. The van der Waals surface area contributed by atoms with Crippen molar-refractivity contribution >= 4 is 75.0 Å². The summed E-state index contributed by atoms with van der Waals surface area (Å²) in [6, 6.07) is 1.07. The number of aromatic hydroxyl groups is 2. The van der Waals surface area contributed by atoms with E-state index in [0.717, 1.165) is 45.3 Å². The van der Waals surface area contributed by atoms with E-state index in [2.05, 4.69) is 0 Å². The van der Waals surface area contributed by atoms with Crippen LogP contribution in [0.15, 0.2) is 20.2 Å². The summed E-state index contributed by atoms with van der Waals surface area (Å²) in [5.41, 5.74) is -1.45. The number of fused-ring (bicyclic) bond motifs is 2. The van der Waals surface area contributed by atoms with Crippen molar-refractivity contribution in [2.45, 2.75) is 63.2 Å². The minimum absolute atomic E-state index is 0.0407. The van der Waals surface area contributed by atoms with Gasteiger partial charge in [0.1, 0.15) is 28.6 Å². The number of carbonyl (C=O) groups excluding carboxylic acids is 3. The lowest BCUT2D eigenvalue weighted by atomic mass is 9.98. The van der Waals surface area contributed by atoms with Crippen LogP contribution in [-0.4, -0.2) is 53.6 Å². The van der Waals surface area contributed by atoms with E-state index >= 15 is 0 Å². The van der Waals surface area contributed by atoms with E-state index in [0.29, 0.717) is 11.8 Å². The van der Waals surface area contributed by atoms with Gasteiger partial charge in [0.2, 0.25) is 11.7 Å². The average molecular weight is 629 g/mol. The molecule has 0 saturated heterocycles. The molecule has 14 heteroatoms. The highest BCUT2D eigenvalue weighted by Crippen LogP contribution is 2.43. The molecule has 1 heterocycles. The van der Waals surface area contributed by atoms with Crippen LogP contribution in [0.25, 0.3) is 21.9 Å². The molecule has 1 fully saturated rings. The second-order valence-corrected chi connectivity index (χ2v) is 11.0. The Morgan fingerprint density at radius 3 is 2.44 bits per heavy atom. The van der Waals surface area contributed by atoms with E-state index in [4.69, 9.17) is 46.6 Å². The molecule has 1 aliphatic rings. The van der Waals surface area contributed by atoms with Crippen LogP contribution in [0.2, 0.25) is 10.0 Å². The molecule has 2 aromatic carbocycles. The Morgan fingerprint density at radius 2 is 1.78 bits per heavy atom. The van der Waals surface area contributed by atoms with Crippen molar-refractivity contribution in [3.05, 3.63) is 37.5 Å². The quantitative estimate of drug-likeness (QED) is 0.1000. The fraction of sp³-hybridized carbons (Fsp3) is 0.407. The number of carbonyl (C=O) groups is 3. The number of esters is 2. The van der Waals surface area contributed by atoms with E-state index in [-0.39, 0.29) is 48.5 Å². The Bertz CT molecular complexity index is 1590. The van der Waals surface area contributed by atoms with Crippen LogP contribution in [0, 0.1) is 6.92 Å². The molecule has 1 aromatic heterocycles. The standard InChI is InChI=1S/C27H26Cl2O11S/c1-11-20(28)23(33)19-22(32)17-15(40-24(19)21(11)29)9-14(30)25(18(17)26(34)36-3)41-10-16(31)37-12(2)38-27(35)39-13-7-5-4-6-8-13/h9,12-13,30,33H,4-8,10H2,1-3H3. The minimum Gasteiger partial charge on any atom is -0.507 e. The summed E-state index contributed by atoms with van der Waals surface area (Å²) in [4.78, 5) is 50.7. The predicted octanol–water partition coefficient (Wildman–Crippen LogP) is 6.23. The maximum absolute atomic E-state index is 13.6. The van der Waals surface area contributed by atoms with Gasteiger partial charge in [-0.25, -0.2) is 9.59 Å². The molecule has 41 heavy (non-hydrogen) atoms. The highest BCUT2D eigenvalue weighted by molar-refractivity contribution is 8.00. The Morgan fingerprint density at radius 1 is 1.10 bits per heavy atom. The van der Waals surface area contributed by atoms with Crippen molar-refractivity contribution < 1.29 is 48.0 Å². The third kappa shape index (κ3) is 6.29. The van der Waals surface area contributed by atoms with Gasteiger partial charge in [-0.3, -0.25) is 9.59 Å². The van der Waals surface area contributed by atoms with E-state index in [1.165, 1.54) is 13.8 Å². The smallest absolute Gasteiger partial charge is 0.507 e. The van der Waals surface area contributed by atoms with Gasteiger partial charge in [0, 0.05) is 13.0 Å². The number of phenolic OH excluding ortho intramolecular Hbond substituents is 2. The van der Waals surface area contributed by atoms with Crippen LogP contribution in [0.4, 0.5) is 4.79 Å². The van der Waals surface area contributed by atoms with Crippen molar-refractivity contribution in [1.29, 1.82) is 0 Å². The van der Waals surface area contributed by atoms with Gasteiger partial charge in [0.05, 0.1) is 38.8 Å². The van der Waals surface area contributed by atoms with Crippen LogP contribution in [0.1, 0.15) is 54.9 Å². The average Bonchev–Trinajstić information content (AvgIpc) is 2.93. The highest BCUT2D eigenvalue weighted by Gasteiger charge is 2.29. The Balaban J connectivity index is 1.61. The minimum atomic E-state index is -1.27. The molecule has 0 spiro atoms. The maximum Gasteiger partial charge on any atom is 0.511 e. The van der Waals surface area contributed by atoms with Gasteiger partial charge < -0.3 is 33.6 Å². The lowest BCUT2D eigenvalue weighted by Crippen LogP contribution is -2.27. The van der Waals surface area contributed by atoms with Gasteiger partial charge in [-0.1, -0.05) is 29.6 Å². The van der Waals surface area contributed by atoms with Crippen LogP contribution < -0.4 is 5.43 Å². The first-order valence-electron chi connectivity index (χ1n) is 12.5. The normalized spacial score (nSPS) is 14.6. The number of ether oxygens (including phenoxy) is 4. The third-order valence-corrected chi connectivity index (χ3v) is 8.52. The summed E-state index contributed by atoms with van der Waals surface area (Å²) >= 11 is 13.1. The Labute approximate surface area is 247 Å². The van der Waals surface area contributed by atoms with Crippen LogP contribution in [0.3, 0.4) is 0 Å². The van der Waals surface area contributed by atoms with E-state index in [1.54, 1.807) is 0 Å². The number of phenols is 2. The first kappa shape index (κ1) is 30.6. The number of methoxy groups -OCH3 is 1. The van der Waals surface area contributed by atoms with Crippen molar-refractivity contribution in [3.63, 3.8) is 0 Å². The summed E-state index contributed by atoms with van der Waals surface area (Å²) in [7, 11) is 1.06. The predicted molar refractivity (Wildman–Crippen MR) is 150 cm³/mol.